The molecule has 1 amide bonds. The molecule has 1 aromatic heterocycles. The normalized spacial score (nSPS) is 20.6. The summed E-state index contributed by atoms with van der Waals surface area (Å²) < 4.78 is 11.7. The Morgan fingerprint density at radius 3 is 2.72 bits per heavy atom. The first kappa shape index (κ1) is 17.4. The minimum Gasteiger partial charge on any atom is -0.489 e. The van der Waals surface area contributed by atoms with Gasteiger partial charge in [-0.1, -0.05) is 30.3 Å². The third-order valence-corrected chi connectivity index (χ3v) is 4.20. The average Bonchev–Trinajstić information content (AvgIpc) is 2.62. The Kier molecular flexibility index (Phi) is 5.34. The molecular formula is C20H24N2O3. The van der Waals surface area contributed by atoms with Crippen LogP contribution in [0.4, 0.5) is 0 Å². The van der Waals surface area contributed by atoms with Crippen molar-refractivity contribution in [3.8, 4) is 5.75 Å². The van der Waals surface area contributed by atoms with Gasteiger partial charge < -0.3 is 14.4 Å². The molecule has 2 aromatic rings. The highest BCUT2D eigenvalue weighted by molar-refractivity contribution is 5.95. The Balaban J connectivity index is 1.83. The van der Waals surface area contributed by atoms with Crippen LogP contribution >= 0.6 is 0 Å². The standard InChI is InChI=1S/C20H24N2O3/c1-14(2)25-17-10-7-11-21-19(17)20(23)22-12-18(24-13-15(22)3)16-8-5-4-6-9-16/h4-11,14-15,18H,12-13H2,1-3H3/t15-,18+/m0/s1. The number of morpholine rings is 1. The second-order valence-corrected chi connectivity index (χ2v) is 6.56. The number of aromatic nitrogens is 1. The van der Waals surface area contributed by atoms with Crippen LogP contribution < -0.4 is 4.74 Å². The predicted octanol–water partition coefficient (Wildman–Crippen LogP) is 3.47. The molecule has 3 rings (SSSR count). The van der Waals surface area contributed by atoms with Crippen molar-refractivity contribution < 1.29 is 14.3 Å². The Hall–Kier alpha value is -2.40. The van der Waals surface area contributed by atoms with Crippen molar-refractivity contribution in [3.05, 3.63) is 59.9 Å². The van der Waals surface area contributed by atoms with Gasteiger partial charge in [-0.3, -0.25) is 4.79 Å². The minimum atomic E-state index is -0.125. The summed E-state index contributed by atoms with van der Waals surface area (Å²) in [4.78, 5) is 19.2. The fourth-order valence-electron chi connectivity index (χ4n) is 2.95. The second kappa shape index (κ2) is 7.66. The molecule has 5 heteroatoms. The molecule has 0 aliphatic carbocycles. The summed E-state index contributed by atoms with van der Waals surface area (Å²) in [6.45, 7) is 6.86. The summed E-state index contributed by atoms with van der Waals surface area (Å²) in [6.07, 6.45) is 1.48. The lowest BCUT2D eigenvalue weighted by atomic mass is 10.1. The number of benzene rings is 1. The summed E-state index contributed by atoms with van der Waals surface area (Å²) >= 11 is 0. The number of hydrogen-bond donors (Lipinski definition) is 0. The molecule has 0 radical (unpaired) electrons. The van der Waals surface area contributed by atoms with Crippen molar-refractivity contribution in [2.24, 2.45) is 0 Å². The number of carbonyl (C=O) groups excluding carboxylic acids is 1. The van der Waals surface area contributed by atoms with Crippen LogP contribution in [0.3, 0.4) is 0 Å². The van der Waals surface area contributed by atoms with E-state index >= 15 is 0 Å². The van der Waals surface area contributed by atoms with E-state index in [-0.39, 0.29) is 24.2 Å². The second-order valence-electron chi connectivity index (χ2n) is 6.56. The van der Waals surface area contributed by atoms with Gasteiger partial charge in [0.1, 0.15) is 6.10 Å². The molecule has 1 fully saturated rings. The third-order valence-electron chi connectivity index (χ3n) is 4.20. The number of rotatable bonds is 4. The zero-order chi connectivity index (χ0) is 17.8. The zero-order valence-corrected chi connectivity index (χ0v) is 14.9. The first-order valence-electron chi connectivity index (χ1n) is 8.65. The molecule has 0 unspecified atom stereocenters. The predicted molar refractivity (Wildman–Crippen MR) is 95.6 cm³/mol. The van der Waals surface area contributed by atoms with Gasteiger partial charge in [0.05, 0.1) is 25.3 Å². The van der Waals surface area contributed by atoms with Crippen LogP contribution in [0.15, 0.2) is 48.7 Å². The number of pyridine rings is 1. The summed E-state index contributed by atoms with van der Waals surface area (Å²) in [6, 6.07) is 13.5. The maximum absolute atomic E-state index is 13.1. The van der Waals surface area contributed by atoms with Crippen LogP contribution in [0.2, 0.25) is 0 Å². The largest absolute Gasteiger partial charge is 0.489 e. The number of carbonyl (C=O) groups is 1. The van der Waals surface area contributed by atoms with Gasteiger partial charge in [-0.2, -0.15) is 0 Å². The van der Waals surface area contributed by atoms with Crippen LogP contribution in [-0.4, -0.2) is 41.1 Å². The lowest BCUT2D eigenvalue weighted by Gasteiger charge is -2.38. The van der Waals surface area contributed by atoms with Crippen LogP contribution in [0, 0.1) is 0 Å². The van der Waals surface area contributed by atoms with E-state index in [2.05, 4.69) is 4.98 Å². The van der Waals surface area contributed by atoms with Crippen LogP contribution in [0.25, 0.3) is 0 Å². The van der Waals surface area contributed by atoms with Crippen molar-refractivity contribution in [1.29, 1.82) is 0 Å². The van der Waals surface area contributed by atoms with Crippen molar-refractivity contribution in [1.82, 2.24) is 9.88 Å². The molecule has 132 valence electrons. The lowest BCUT2D eigenvalue weighted by molar-refractivity contribution is -0.0489. The van der Waals surface area contributed by atoms with Gasteiger partial charge in [0.2, 0.25) is 0 Å². The Labute approximate surface area is 148 Å². The fraction of sp³-hybridized carbons (Fsp3) is 0.400. The molecule has 0 spiro atoms. The molecule has 25 heavy (non-hydrogen) atoms. The molecule has 1 saturated heterocycles. The molecular weight excluding hydrogens is 316 g/mol. The van der Waals surface area contributed by atoms with E-state index in [9.17, 15) is 4.79 Å². The summed E-state index contributed by atoms with van der Waals surface area (Å²) in [7, 11) is 0. The number of hydrogen-bond acceptors (Lipinski definition) is 4. The van der Waals surface area contributed by atoms with Crippen molar-refractivity contribution in [2.45, 2.75) is 39.0 Å². The van der Waals surface area contributed by atoms with E-state index < -0.39 is 0 Å². The Bertz CT molecular complexity index is 718. The number of nitrogens with zero attached hydrogens (tertiary/aromatic N) is 2. The molecule has 1 aromatic carbocycles. The van der Waals surface area contributed by atoms with Gasteiger partial charge in [0.15, 0.2) is 11.4 Å². The topological polar surface area (TPSA) is 51.7 Å². The summed E-state index contributed by atoms with van der Waals surface area (Å²) in [5, 5.41) is 0. The Morgan fingerprint density at radius 2 is 2.00 bits per heavy atom. The zero-order valence-electron chi connectivity index (χ0n) is 14.9. The molecule has 0 saturated carbocycles. The lowest BCUT2D eigenvalue weighted by Crippen LogP contribution is -2.48. The average molecular weight is 340 g/mol. The fourth-order valence-corrected chi connectivity index (χ4v) is 2.95. The van der Waals surface area contributed by atoms with E-state index in [1.165, 1.54) is 0 Å². The molecule has 0 N–H and O–H groups in total. The quantitative estimate of drug-likeness (QED) is 0.855. The molecule has 5 nitrogen and oxygen atoms in total. The first-order chi connectivity index (χ1) is 12.1. The van der Waals surface area contributed by atoms with E-state index in [0.29, 0.717) is 24.6 Å². The van der Waals surface area contributed by atoms with Gasteiger partial charge in [0, 0.05) is 6.20 Å². The summed E-state index contributed by atoms with van der Waals surface area (Å²) in [5.74, 6) is 0.408. The van der Waals surface area contributed by atoms with Crippen molar-refractivity contribution in [3.63, 3.8) is 0 Å². The SMILES string of the molecule is CC(C)Oc1cccnc1C(=O)N1C[C@H](c2ccccc2)OC[C@@H]1C. The molecule has 0 bridgehead atoms. The maximum atomic E-state index is 13.1. The van der Waals surface area contributed by atoms with Gasteiger partial charge in [-0.25, -0.2) is 4.98 Å². The minimum absolute atomic E-state index is 0.0126. The number of amides is 1. The monoisotopic (exact) mass is 340 g/mol. The van der Waals surface area contributed by atoms with Crippen LogP contribution in [0.5, 0.6) is 5.75 Å². The van der Waals surface area contributed by atoms with E-state index in [1.54, 1.807) is 18.3 Å². The summed E-state index contributed by atoms with van der Waals surface area (Å²) in [5.41, 5.74) is 1.43. The van der Waals surface area contributed by atoms with E-state index in [4.69, 9.17) is 9.47 Å². The van der Waals surface area contributed by atoms with Crippen molar-refractivity contribution >= 4 is 5.91 Å². The molecule has 2 atom stereocenters. The van der Waals surface area contributed by atoms with Gasteiger partial charge in [-0.05, 0) is 38.5 Å². The van der Waals surface area contributed by atoms with E-state index in [1.807, 2.05) is 56.0 Å². The Morgan fingerprint density at radius 1 is 1.24 bits per heavy atom. The van der Waals surface area contributed by atoms with Gasteiger partial charge in [0.25, 0.3) is 5.91 Å². The maximum Gasteiger partial charge on any atom is 0.276 e. The molecule has 1 aliphatic rings. The van der Waals surface area contributed by atoms with Crippen LogP contribution in [-0.2, 0) is 4.74 Å². The van der Waals surface area contributed by atoms with Gasteiger partial charge >= 0.3 is 0 Å². The highest BCUT2D eigenvalue weighted by Gasteiger charge is 2.33. The molecule has 1 aliphatic heterocycles. The van der Waals surface area contributed by atoms with Crippen LogP contribution in [0.1, 0.15) is 42.9 Å². The highest BCUT2D eigenvalue weighted by atomic mass is 16.5. The van der Waals surface area contributed by atoms with Gasteiger partial charge in [-0.15, -0.1) is 0 Å². The third kappa shape index (κ3) is 3.99. The first-order valence-corrected chi connectivity index (χ1v) is 8.65. The highest BCUT2D eigenvalue weighted by Crippen LogP contribution is 2.27. The van der Waals surface area contributed by atoms with E-state index in [0.717, 1.165) is 5.56 Å². The van der Waals surface area contributed by atoms with Crippen molar-refractivity contribution in [2.75, 3.05) is 13.2 Å². The number of ether oxygens (including phenoxy) is 2. The molecule has 2 heterocycles. The smallest absolute Gasteiger partial charge is 0.276 e.